The fourth-order valence-electron chi connectivity index (χ4n) is 1.35. The van der Waals surface area contributed by atoms with Gasteiger partial charge in [0.1, 0.15) is 12.1 Å². The van der Waals surface area contributed by atoms with Crippen molar-refractivity contribution >= 4 is 16.1 Å². The average molecular weight is 244 g/mol. The summed E-state index contributed by atoms with van der Waals surface area (Å²) in [6.45, 7) is 1.52. The van der Waals surface area contributed by atoms with E-state index in [1.54, 1.807) is 6.07 Å². The molecule has 0 bridgehead atoms. The third-order valence-electron chi connectivity index (χ3n) is 2.08. The SMILES string of the molecule is C[C@H](C=O)CS(=O)(=O)Cc1ccccc1F. The van der Waals surface area contributed by atoms with Crippen LogP contribution < -0.4 is 0 Å². The van der Waals surface area contributed by atoms with E-state index in [0.717, 1.165) is 0 Å². The van der Waals surface area contributed by atoms with Crippen LogP contribution in [0.5, 0.6) is 0 Å². The van der Waals surface area contributed by atoms with Crippen molar-refractivity contribution in [1.29, 1.82) is 0 Å². The molecule has 0 fully saturated rings. The molecule has 3 nitrogen and oxygen atoms in total. The first-order chi connectivity index (χ1) is 7.44. The highest BCUT2D eigenvalue weighted by molar-refractivity contribution is 7.90. The van der Waals surface area contributed by atoms with Gasteiger partial charge in [-0.05, 0) is 6.07 Å². The summed E-state index contributed by atoms with van der Waals surface area (Å²) in [7, 11) is -3.44. The number of aldehydes is 1. The lowest BCUT2D eigenvalue weighted by Crippen LogP contribution is -2.17. The number of sulfone groups is 1. The van der Waals surface area contributed by atoms with Crippen LogP contribution in [0, 0.1) is 11.7 Å². The van der Waals surface area contributed by atoms with E-state index in [0.29, 0.717) is 6.29 Å². The van der Waals surface area contributed by atoms with E-state index in [1.165, 1.54) is 25.1 Å². The maximum Gasteiger partial charge on any atom is 0.155 e. The van der Waals surface area contributed by atoms with Crippen LogP contribution in [0.1, 0.15) is 12.5 Å². The minimum atomic E-state index is -3.44. The molecule has 0 N–H and O–H groups in total. The van der Waals surface area contributed by atoms with E-state index in [9.17, 15) is 17.6 Å². The first-order valence-corrected chi connectivity index (χ1v) is 6.66. The molecule has 0 heterocycles. The Labute approximate surface area is 94.2 Å². The summed E-state index contributed by atoms with van der Waals surface area (Å²) in [5, 5.41) is 0. The topological polar surface area (TPSA) is 51.2 Å². The lowest BCUT2D eigenvalue weighted by molar-refractivity contribution is -0.110. The Morgan fingerprint density at radius 3 is 2.56 bits per heavy atom. The van der Waals surface area contributed by atoms with Gasteiger partial charge >= 0.3 is 0 Å². The molecule has 0 amide bonds. The molecule has 0 radical (unpaired) electrons. The summed E-state index contributed by atoms with van der Waals surface area (Å²) >= 11 is 0. The average Bonchev–Trinajstić information content (AvgIpc) is 2.20. The number of halogens is 1. The van der Waals surface area contributed by atoms with Gasteiger partial charge in [0.15, 0.2) is 9.84 Å². The lowest BCUT2D eigenvalue weighted by Gasteiger charge is -2.06. The van der Waals surface area contributed by atoms with Crippen LogP contribution in [-0.4, -0.2) is 20.5 Å². The monoisotopic (exact) mass is 244 g/mol. The zero-order chi connectivity index (χ0) is 12.2. The summed E-state index contributed by atoms with van der Waals surface area (Å²) < 4.78 is 36.4. The second kappa shape index (κ2) is 5.21. The molecule has 1 atom stereocenters. The Morgan fingerprint density at radius 2 is 2.00 bits per heavy atom. The van der Waals surface area contributed by atoms with Gasteiger partial charge in [0.2, 0.25) is 0 Å². The van der Waals surface area contributed by atoms with Crippen molar-refractivity contribution in [1.82, 2.24) is 0 Å². The minimum Gasteiger partial charge on any atom is -0.303 e. The standard InChI is InChI=1S/C11H13FO3S/c1-9(6-13)7-16(14,15)8-10-4-2-3-5-11(10)12/h2-6,9H,7-8H2,1H3/t9-/m1/s1. The molecular formula is C11H13FO3S. The smallest absolute Gasteiger partial charge is 0.155 e. The van der Waals surface area contributed by atoms with Crippen LogP contribution in [0.2, 0.25) is 0 Å². The maximum atomic E-state index is 13.2. The Balaban J connectivity index is 2.81. The summed E-state index contributed by atoms with van der Waals surface area (Å²) in [5.41, 5.74) is 0.139. The van der Waals surface area contributed by atoms with Gasteiger partial charge in [-0.2, -0.15) is 0 Å². The Kier molecular flexibility index (Phi) is 4.18. The predicted molar refractivity (Wildman–Crippen MR) is 59.1 cm³/mol. The number of carbonyl (C=O) groups excluding carboxylic acids is 1. The van der Waals surface area contributed by atoms with E-state index in [2.05, 4.69) is 0 Å². The van der Waals surface area contributed by atoms with Crippen LogP contribution >= 0.6 is 0 Å². The fraction of sp³-hybridized carbons (Fsp3) is 0.364. The van der Waals surface area contributed by atoms with Crippen LogP contribution in [0.4, 0.5) is 4.39 Å². The van der Waals surface area contributed by atoms with Crippen molar-refractivity contribution in [2.45, 2.75) is 12.7 Å². The largest absolute Gasteiger partial charge is 0.303 e. The van der Waals surface area contributed by atoms with Crippen molar-refractivity contribution in [2.75, 3.05) is 5.75 Å². The molecule has 5 heteroatoms. The van der Waals surface area contributed by atoms with E-state index < -0.39 is 21.6 Å². The van der Waals surface area contributed by atoms with Gasteiger partial charge in [-0.15, -0.1) is 0 Å². The first kappa shape index (κ1) is 12.8. The summed E-state index contributed by atoms with van der Waals surface area (Å²) in [6.07, 6.45) is 0.582. The number of benzene rings is 1. The zero-order valence-electron chi connectivity index (χ0n) is 8.89. The van der Waals surface area contributed by atoms with E-state index in [4.69, 9.17) is 0 Å². The molecule has 1 aromatic carbocycles. The van der Waals surface area contributed by atoms with E-state index >= 15 is 0 Å². The highest BCUT2D eigenvalue weighted by Gasteiger charge is 2.17. The maximum absolute atomic E-state index is 13.2. The summed E-state index contributed by atoms with van der Waals surface area (Å²) in [4.78, 5) is 10.4. The molecule has 0 aliphatic rings. The number of rotatable bonds is 5. The van der Waals surface area contributed by atoms with Crippen molar-refractivity contribution in [3.63, 3.8) is 0 Å². The molecule has 0 aromatic heterocycles. The van der Waals surface area contributed by atoms with Gasteiger partial charge < -0.3 is 4.79 Å². The van der Waals surface area contributed by atoms with Crippen molar-refractivity contribution in [3.05, 3.63) is 35.6 Å². The molecule has 0 saturated heterocycles. The van der Waals surface area contributed by atoms with Gasteiger partial charge in [0, 0.05) is 11.5 Å². The van der Waals surface area contributed by atoms with Gasteiger partial charge in [0.25, 0.3) is 0 Å². The highest BCUT2D eigenvalue weighted by Crippen LogP contribution is 2.12. The second-order valence-corrected chi connectivity index (χ2v) is 5.87. The number of hydrogen-bond donors (Lipinski definition) is 0. The summed E-state index contributed by atoms with van der Waals surface area (Å²) in [5.74, 6) is -1.70. The summed E-state index contributed by atoms with van der Waals surface area (Å²) in [6, 6.07) is 5.73. The van der Waals surface area contributed by atoms with Gasteiger partial charge in [-0.25, -0.2) is 12.8 Å². The highest BCUT2D eigenvalue weighted by atomic mass is 32.2. The number of carbonyl (C=O) groups is 1. The molecule has 0 saturated carbocycles. The Hall–Kier alpha value is -1.23. The fourth-order valence-corrected chi connectivity index (χ4v) is 3.06. The molecule has 0 aliphatic heterocycles. The third kappa shape index (κ3) is 3.73. The Morgan fingerprint density at radius 1 is 1.38 bits per heavy atom. The van der Waals surface area contributed by atoms with Crippen LogP contribution in [0.3, 0.4) is 0 Å². The van der Waals surface area contributed by atoms with Gasteiger partial charge in [-0.1, -0.05) is 25.1 Å². The van der Waals surface area contributed by atoms with Gasteiger partial charge in [-0.3, -0.25) is 0 Å². The molecule has 0 unspecified atom stereocenters. The molecule has 1 aromatic rings. The van der Waals surface area contributed by atoms with Crippen molar-refractivity contribution in [2.24, 2.45) is 5.92 Å². The minimum absolute atomic E-state index is 0.139. The molecular weight excluding hydrogens is 231 g/mol. The third-order valence-corrected chi connectivity index (χ3v) is 3.87. The van der Waals surface area contributed by atoms with Crippen LogP contribution in [-0.2, 0) is 20.4 Å². The second-order valence-electron chi connectivity index (χ2n) is 3.76. The lowest BCUT2D eigenvalue weighted by atomic mass is 10.2. The van der Waals surface area contributed by atoms with Crippen molar-refractivity contribution in [3.8, 4) is 0 Å². The predicted octanol–water partition coefficient (Wildman–Crippen LogP) is 1.58. The molecule has 1 rings (SSSR count). The molecule has 16 heavy (non-hydrogen) atoms. The molecule has 0 aliphatic carbocycles. The first-order valence-electron chi connectivity index (χ1n) is 4.84. The Bertz CT molecular complexity index is 468. The van der Waals surface area contributed by atoms with Crippen LogP contribution in [0.25, 0.3) is 0 Å². The number of hydrogen-bond acceptors (Lipinski definition) is 3. The van der Waals surface area contributed by atoms with Crippen molar-refractivity contribution < 1.29 is 17.6 Å². The van der Waals surface area contributed by atoms with Crippen LogP contribution in [0.15, 0.2) is 24.3 Å². The molecule has 88 valence electrons. The zero-order valence-corrected chi connectivity index (χ0v) is 9.71. The quantitative estimate of drug-likeness (QED) is 0.739. The van der Waals surface area contributed by atoms with Gasteiger partial charge in [0.05, 0.1) is 11.5 Å². The normalized spacial score (nSPS) is 13.4. The van der Waals surface area contributed by atoms with E-state index in [-0.39, 0.29) is 17.1 Å². The molecule has 0 spiro atoms. The van der Waals surface area contributed by atoms with E-state index in [1.807, 2.05) is 0 Å².